The molecular weight excluding hydrogens is 264 g/mol. The fourth-order valence-electron chi connectivity index (χ4n) is 3.12. The van der Waals surface area contributed by atoms with Crippen LogP contribution in [0.15, 0.2) is 24.3 Å². The summed E-state index contributed by atoms with van der Waals surface area (Å²) in [6.07, 6.45) is 1.71. The summed E-state index contributed by atoms with van der Waals surface area (Å²) < 4.78 is 0. The van der Waals surface area contributed by atoms with Gasteiger partial charge in [-0.15, -0.1) is 0 Å². The van der Waals surface area contributed by atoms with Crippen LogP contribution in [0.4, 0.5) is 0 Å². The standard InChI is InChI=1S/C17H20N2O2/c1-2-19-10-9-16-14(11-19)12(7-8-17(20)21)13-5-3-4-6-15(13)18-16/h3-6H,2,7-11H2,1H3,(H,20,21). The highest BCUT2D eigenvalue weighted by Crippen LogP contribution is 2.28. The highest BCUT2D eigenvalue weighted by Gasteiger charge is 2.21. The summed E-state index contributed by atoms with van der Waals surface area (Å²) in [4.78, 5) is 18.2. The van der Waals surface area contributed by atoms with Crippen LogP contribution in [0.2, 0.25) is 0 Å². The second kappa shape index (κ2) is 5.82. The van der Waals surface area contributed by atoms with Crippen LogP contribution in [0.25, 0.3) is 10.9 Å². The number of carboxylic acid groups (broad SMARTS) is 1. The molecule has 0 unspecified atom stereocenters. The molecule has 0 fully saturated rings. The lowest BCUT2D eigenvalue weighted by molar-refractivity contribution is -0.136. The van der Waals surface area contributed by atoms with Gasteiger partial charge in [-0.3, -0.25) is 14.7 Å². The van der Waals surface area contributed by atoms with Crippen molar-refractivity contribution in [1.82, 2.24) is 9.88 Å². The Kier molecular flexibility index (Phi) is 3.88. The van der Waals surface area contributed by atoms with Gasteiger partial charge in [0.15, 0.2) is 0 Å². The first kappa shape index (κ1) is 14.0. The molecule has 1 aliphatic heterocycles. The van der Waals surface area contributed by atoms with Gasteiger partial charge in [0.1, 0.15) is 0 Å². The number of aliphatic carboxylic acids is 1. The van der Waals surface area contributed by atoms with Crippen LogP contribution in [-0.4, -0.2) is 34.0 Å². The molecule has 1 aromatic carbocycles. The molecule has 0 saturated carbocycles. The number of rotatable bonds is 4. The minimum atomic E-state index is -0.743. The van der Waals surface area contributed by atoms with Crippen molar-refractivity contribution in [2.45, 2.75) is 32.7 Å². The van der Waals surface area contributed by atoms with E-state index < -0.39 is 5.97 Å². The molecule has 0 atom stereocenters. The van der Waals surface area contributed by atoms with Gasteiger partial charge in [-0.2, -0.15) is 0 Å². The van der Waals surface area contributed by atoms with E-state index in [1.807, 2.05) is 18.2 Å². The summed E-state index contributed by atoms with van der Waals surface area (Å²) in [5.74, 6) is -0.743. The average molecular weight is 284 g/mol. The predicted molar refractivity (Wildman–Crippen MR) is 82.4 cm³/mol. The first-order valence-corrected chi connectivity index (χ1v) is 7.52. The highest BCUT2D eigenvalue weighted by atomic mass is 16.4. The van der Waals surface area contributed by atoms with Crippen molar-refractivity contribution in [3.63, 3.8) is 0 Å². The molecular formula is C17H20N2O2. The third-order valence-electron chi connectivity index (χ3n) is 4.28. The maximum atomic E-state index is 11.0. The molecule has 110 valence electrons. The molecule has 1 aromatic heterocycles. The van der Waals surface area contributed by atoms with Gasteiger partial charge in [-0.25, -0.2) is 0 Å². The van der Waals surface area contributed by atoms with Crippen molar-refractivity contribution < 1.29 is 9.90 Å². The Morgan fingerprint density at radius 3 is 2.95 bits per heavy atom. The Bertz CT molecular complexity index is 682. The number of benzene rings is 1. The molecule has 0 radical (unpaired) electrons. The van der Waals surface area contributed by atoms with E-state index in [2.05, 4.69) is 17.9 Å². The normalized spacial score (nSPS) is 15.1. The summed E-state index contributed by atoms with van der Waals surface area (Å²) >= 11 is 0. The zero-order valence-electron chi connectivity index (χ0n) is 12.3. The van der Waals surface area contributed by atoms with Crippen LogP contribution in [0.3, 0.4) is 0 Å². The van der Waals surface area contributed by atoms with Crippen molar-refractivity contribution in [3.05, 3.63) is 41.1 Å². The Labute approximate surface area is 124 Å². The molecule has 4 heteroatoms. The van der Waals surface area contributed by atoms with Gasteiger partial charge in [0.05, 0.1) is 5.52 Å². The van der Waals surface area contributed by atoms with Gasteiger partial charge in [-0.05, 0) is 30.2 Å². The maximum Gasteiger partial charge on any atom is 0.303 e. The molecule has 1 aliphatic rings. The number of hydrogen-bond acceptors (Lipinski definition) is 3. The number of aryl methyl sites for hydroxylation is 1. The van der Waals surface area contributed by atoms with Crippen LogP contribution in [0, 0.1) is 0 Å². The second-order valence-corrected chi connectivity index (χ2v) is 5.55. The second-order valence-electron chi connectivity index (χ2n) is 5.55. The third-order valence-corrected chi connectivity index (χ3v) is 4.28. The molecule has 0 bridgehead atoms. The first-order chi connectivity index (χ1) is 10.2. The number of fused-ring (bicyclic) bond motifs is 2. The topological polar surface area (TPSA) is 53.4 Å². The first-order valence-electron chi connectivity index (χ1n) is 7.52. The van der Waals surface area contributed by atoms with Gasteiger partial charge >= 0.3 is 5.97 Å². The van der Waals surface area contributed by atoms with Gasteiger partial charge in [0.2, 0.25) is 0 Å². The number of carbonyl (C=O) groups is 1. The molecule has 0 amide bonds. The van der Waals surface area contributed by atoms with Crippen molar-refractivity contribution in [1.29, 1.82) is 0 Å². The van der Waals surface area contributed by atoms with Crippen molar-refractivity contribution >= 4 is 16.9 Å². The number of carboxylic acids is 1. The van der Waals surface area contributed by atoms with E-state index in [4.69, 9.17) is 10.1 Å². The molecule has 21 heavy (non-hydrogen) atoms. The van der Waals surface area contributed by atoms with Crippen LogP contribution in [-0.2, 0) is 24.2 Å². The van der Waals surface area contributed by atoms with Crippen molar-refractivity contribution in [2.24, 2.45) is 0 Å². The van der Waals surface area contributed by atoms with Crippen molar-refractivity contribution in [3.8, 4) is 0 Å². The zero-order chi connectivity index (χ0) is 14.8. The fraction of sp³-hybridized carbons (Fsp3) is 0.412. The number of hydrogen-bond donors (Lipinski definition) is 1. The number of pyridine rings is 1. The summed E-state index contributed by atoms with van der Waals surface area (Å²) in [5, 5.41) is 10.1. The average Bonchev–Trinajstić information content (AvgIpc) is 2.50. The molecule has 1 N–H and O–H groups in total. The Hall–Kier alpha value is -1.94. The minimum Gasteiger partial charge on any atom is -0.481 e. The monoisotopic (exact) mass is 284 g/mol. The maximum absolute atomic E-state index is 11.0. The quantitative estimate of drug-likeness (QED) is 0.937. The predicted octanol–water partition coefficient (Wildman–Crippen LogP) is 2.63. The van der Waals surface area contributed by atoms with Crippen molar-refractivity contribution in [2.75, 3.05) is 13.1 Å². The Morgan fingerprint density at radius 1 is 1.38 bits per heavy atom. The lowest BCUT2D eigenvalue weighted by atomic mass is 9.93. The number of para-hydroxylation sites is 1. The van der Waals surface area contributed by atoms with Crippen LogP contribution in [0.5, 0.6) is 0 Å². The smallest absolute Gasteiger partial charge is 0.303 e. The molecule has 3 rings (SSSR count). The van der Waals surface area contributed by atoms with E-state index in [0.29, 0.717) is 6.42 Å². The fourth-order valence-corrected chi connectivity index (χ4v) is 3.12. The summed E-state index contributed by atoms with van der Waals surface area (Å²) in [6, 6.07) is 8.07. The molecule has 4 nitrogen and oxygen atoms in total. The lowest BCUT2D eigenvalue weighted by Crippen LogP contribution is -2.31. The molecule has 0 spiro atoms. The number of aromatic nitrogens is 1. The van der Waals surface area contributed by atoms with E-state index in [0.717, 1.165) is 42.7 Å². The van der Waals surface area contributed by atoms with Gasteiger partial charge in [-0.1, -0.05) is 25.1 Å². The van der Waals surface area contributed by atoms with E-state index in [9.17, 15) is 4.79 Å². The third kappa shape index (κ3) is 2.76. The zero-order valence-corrected chi connectivity index (χ0v) is 12.3. The van der Waals surface area contributed by atoms with Crippen LogP contribution in [0.1, 0.15) is 30.2 Å². The molecule has 0 saturated heterocycles. The Balaban J connectivity index is 2.12. The number of nitrogens with zero attached hydrogens (tertiary/aromatic N) is 2. The van der Waals surface area contributed by atoms with Gasteiger partial charge in [0.25, 0.3) is 0 Å². The van der Waals surface area contributed by atoms with Crippen LogP contribution >= 0.6 is 0 Å². The summed E-state index contributed by atoms with van der Waals surface area (Å²) in [7, 11) is 0. The van der Waals surface area contributed by atoms with Gasteiger partial charge in [0, 0.05) is 37.0 Å². The SMILES string of the molecule is CCN1CCc2nc3ccccc3c(CCC(=O)O)c2C1. The number of likely N-dealkylation sites (N-methyl/N-ethyl adjacent to an activating group) is 1. The van der Waals surface area contributed by atoms with E-state index in [1.54, 1.807) is 0 Å². The Morgan fingerprint density at radius 2 is 2.19 bits per heavy atom. The molecule has 2 heterocycles. The van der Waals surface area contributed by atoms with E-state index >= 15 is 0 Å². The van der Waals surface area contributed by atoms with Crippen LogP contribution < -0.4 is 0 Å². The highest BCUT2D eigenvalue weighted by molar-refractivity contribution is 5.84. The summed E-state index contributed by atoms with van der Waals surface area (Å²) in [5.41, 5.74) is 4.57. The van der Waals surface area contributed by atoms with E-state index in [1.165, 1.54) is 11.1 Å². The minimum absolute atomic E-state index is 0.173. The summed E-state index contributed by atoms with van der Waals surface area (Å²) in [6.45, 7) is 5.10. The lowest BCUT2D eigenvalue weighted by Gasteiger charge is -2.29. The molecule has 0 aliphatic carbocycles. The molecule has 2 aromatic rings. The largest absolute Gasteiger partial charge is 0.481 e. The van der Waals surface area contributed by atoms with Gasteiger partial charge < -0.3 is 5.11 Å². The van der Waals surface area contributed by atoms with E-state index in [-0.39, 0.29) is 6.42 Å².